The summed E-state index contributed by atoms with van der Waals surface area (Å²) in [6.07, 6.45) is 4.08. The zero-order chi connectivity index (χ0) is 9.97. The lowest BCUT2D eigenvalue weighted by Gasteiger charge is -2.34. The third kappa shape index (κ3) is 3.48. The Kier molecular flexibility index (Phi) is 7.31. The van der Waals surface area contributed by atoms with Crippen molar-refractivity contribution in [1.29, 1.82) is 0 Å². The third-order valence-electron chi connectivity index (χ3n) is 3.36. The van der Waals surface area contributed by atoms with E-state index < -0.39 is 5.97 Å². The van der Waals surface area contributed by atoms with Gasteiger partial charge in [0.1, 0.15) is 6.04 Å². The average molecular weight is 271 g/mol. The molecular formula is C10H20Cl2N2O2. The van der Waals surface area contributed by atoms with Gasteiger partial charge in [-0.05, 0) is 45.3 Å². The summed E-state index contributed by atoms with van der Waals surface area (Å²) < 4.78 is 0. The first-order chi connectivity index (χ1) is 6.79. The van der Waals surface area contributed by atoms with Crippen molar-refractivity contribution in [3.8, 4) is 0 Å². The molecule has 2 fully saturated rings. The van der Waals surface area contributed by atoms with E-state index >= 15 is 0 Å². The quantitative estimate of drug-likeness (QED) is 0.790. The molecule has 16 heavy (non-hydrogen) atoms. The van der Waals surface area contributed by atoms with Crippen molar-refractivity contribution >= 4 is 30.8 Å². The highest BCUT2D eigenvalue weighted by atomic mass is 35.5. The third-order valence-corrected chi connectivity index (χ3v) is 3.36. The number of carbonyl (C=O) groups is 1. The molecule has 0 radical (unpaired) electrons. The van der Waals surface area contributed by atoms with Gasteiger partial charge in [0.25, 0.3) is 0 Å². The molecule has 0 unspecified atom stereocenters. The Morgan fingerprint density at radius 1 is 1.19 bits per heavy atom. The molecule has 96 valence electrons. The van der Waals surface area contributed by atoms with E-state index in [1.54, 1.807) is 0 Å². The van der Waals surface area contributed by atoms with Crippen LogP contribution in [-0.2, 0) is 4.79 Å². The van der Waals surface area contributed by atoms with Crippen LogP contribution in [0.3, 0.4) is 0 Å². The van der Waals surface area contributed by atoms with Crippen molar-refractivity contribution in [3.05, 3.63) is 0 Å². The Morgan fingerprint density at radius 3 is 2.38 bits per heavy atom. The summed E-state index contributed by atoms with van der Waals surface area (Å²) in [6.45, 7) is 3.04. The second-order valence-electron chi connectivity index (χ2n) is 4.22. The van der Waals surface area contributed by atoms with Crippen molar-refractivity contribution < 1.29 is 9.90 Å². The summed E-state index contributed by atoms with van der Waals surface area (Å²) >= 11 is 0. The molecule has 0 bridgehead atoms. The Balaban J connectivity index is 0.00000112. The normalized spacial score (nSPS) is 26.9. The summed E-state index contributed by atoms with van der Waals surface area (Å²) in [5, 5.41) is 12.4. The van der Waals surface area contributed by atoms with Gasteiger partial charge in [-0.25, -0.2) is 0 Å². The van der Waals surface area contributed by atoms with Crippen molar-refractivity contribution in [2.45, 2.75) is 37.8 Å². The summed E-state index contributed by atoms with van der Waals surface area (Å²) in [7, 11) is 0. The highest BCUT2D eigenvalue weighted by Gasteiger charge is 2.35. The summed E-state index contributed by atoms with van der Waals surface area (Å²) in [4.78, 5) is 13.2. The molecule has 2 heterocycles. The maximum absolute atomic E-state index is 11.0. The van der Waals surface area contributed by atoms with E-state index in [1.807, 2.05) is 0 Å². The summed E-state index contributed by atoms with van der Waals surface area (Å²) in [5.74, 6) is -0.638. The molecule has 0 amide bonds. The first kappa shape index (κ1) is 16.0. The van der Waals surface area contributed by atoms with Gasteiger partial charge in [-0.3, -0.25) is 9.69 Å². The SMILES string of the molecule is Cl.Cl.O=C(O)[C@@H]1CCCN1C1CCNCC1. The fourth-order valence-corrected chi connectivity index (χ4v) is 2.63. The molecule has 0 aromatic rings. The standard InChI is InChI=1S/C10H18N2O2.2ClH/c13-10(14)9-2-1-7-12(9)8-3-5-11-6-4-8;;/h8-9,11H,1-7H2,(H,13,14);2*1H/t9-;;/m0../s1. The number of aliphatic carboxylic acids is 1. The number of carboxylic acid groups (broad SMARTS) is 1. The number of piperidine rings is 1. The molecule has 0 aromatic carbocycles. The number of halogens is 2. The highest BCUT2D eigenvalue weighted by molar-refractivity contribution is 5.85. The number of nitrogens with zero attached hydrogens (tertiary/aromatic N) is 1. The van der Waals surface area contributed by atoms with Crippen LogP contribution in [0.2, 0.25) is 0 Å². The number of likely N-dealkylation sites (tertiary alicyclic amines) is 1. The van der Waals surface area contributed by atoms with Crippen molar-refractivity contribution in [2.24, 2.45) is 0 Å². The predicted octanol–water partition coefficient (Wildman–Crippen LogP) is 1.13. The summed E-state index contributed by atoms with van der Waals surface area (Å²) in [5.41, 5.74) is 0. The minimum absolute atomic E-state index is 0. The number of hydrogen-bond acceptors (Lipinski definition) is 3. The van der Waals surface area contributed by atoms with Crippen LogP contribution in [0.15, 0.2) is 0 Å². The van der Waals surface area contributed by atoms with Gasteiger partial charge in [0.2, 0.25) is 0 Å². The second kappa shape index (κ2) is 7.33. The van der Waals surface area contributed by atoms with E-state index in [1.165, 1.54) is 0 Å². The van der Waals surface area contributed by atoms with Gasteiger partial charge >= 0.3 is 5.97 Å². The molecule has 0 aliphatic carbocycles. The van der Waals surface area contributed by atoms with Crippen LogP contribution in [-0.4, -0.2) is 47.7 Å². The van der Waals surface area contributed by atoms with Gasteiger partial charge in [0.05, 0.1) is 0 Å². The van der Waals surface area contributed by atoms with E-state index in [0.29, 0.717) is 6.04 Å². The monoisotopic (exact) mass is 270 g/mol. The van der Waals surface area contributed by atoms with Crippen LogP contribution in [0.4, 0.5) is 0 Å². The van der Waals surface area contributed by atoms with Crippen LogP contribution >= 0.6 is 24.8 Å². The van der Waals surface area contributed by atoms with E-state index in [0.717, 1.165) is 45.3 Å². The van der Waals surface area contributed by atoms with E-state index in [2.05, 4.69) is 10.2 Å². The van der Waals surface area contributed by atoms with E-state index in [-0.39, 0.29) is 30.9 Å². The van der Waals surface area contributed by atoms with Crippen molar-refractivity contribution in [2.75, 3.05) is 19.6 Å². The maximum atomic E-state index is 11.0. The first-order valence-electron chi connectivity index (χ1n) is 5.48. The van der Waals surface area contributed by atoms with Crippen molar-refractivity contribution in [3.63, 3.8) is 0 Å². The molecule has 2 saturated heterocycles. The lowest BCUT2D eigenvalue weighted by molar-refractivity contribution is -0.143. The molecule has 0 saturated carbocycles. The maximum Gasteiger partial charge on any atom is 0.320 e. The molecule has 0 spiro atoms. The smallest absolute Gasteiger partial charge is 0.320 e. The van der Waals surface area contributed by atoms with Gasteiger partial charge in [-0.15, -0.1) is 24.8 Å². The molecule has 2 aliphatic heterocycles. The van der Waals surface area contributed by atoms with Gasteiger partial charge < -0.3 is 10.4 Å². The highest BCUT2D eigenvalue weighted by Crippen LogP contribution is 2.24. The number of carboxylic acids is 1. The molecular weight excluding hydrogens is 251 g/mol. The topological polar surface area (TPSA) is 52.6 Å². The first-order valence-corrected chi connectivity index (χ1v) is 5.48. The minimum atomic E-state index is -0.638. The zero-order valence-corrected chi connectivity index (χ0v) is 10.9. The van der Waals surface area contributed by atoms with Crippen LogP contribution in [0.5, 0.6) is 0 Å². The molecule has 0 aromatic heterocycles. The molecule has 6 heteroatoms. The Morgan fingerprint density at radius 2 is 1.81 bits per heavy atom. The van der Waals surface area contributed by atoms with Gasteiger partial charge in [-0.2, -0.15) is 0 Å². The number of nitrogens with one attached hydrogen (secondary N) is 1. The Bertz CT molecular complexity index is 223. The lowest BCUT2D eigenvalue weighted by atomic mass is 10.0. The van der Waals surface area contributed by atoms with Crippen LogP contribution < -0.4 is 5.32 Å². The zero-order valence-electron chi connectivity index (χ0n) is 9.22. The molecule has 2 rings (SSSR count). The van der Waals surface area contributed by atoms with Crippen LogP contribution in [0, 0.1) is 0 Å². The fraction of sp³-hybridized carbons (Fsp3) is 0.900. The van der Waals surface area contributed by atoms with Gasteiger partial charge in [0.15, 0.2) is 0 Å². The molecule has 2 aliphatic rings. The Hall–Kier alpha value is -0.0300. The number of hydrogen-bond donors (Lipinski definition) is 2. The summed E-state index contributed by atoms with van der Waals surface area (Å²) in [6, 6.07) is 0.290. The van der Waals surface area contributed by atoms with Gasteiger partial charge in [0, 0.05) is 6.04 Å². The molecule has 2 N–H and O–H groups in total. The molecule has 1 atom stereocenters. The Labute approximate surface area is 109 Å². The number of rotatable bonds is 2. The lowest BCUT2D eigenvalue weighted by Crippen LogP contribution is -2.47. The molecule has 4 nitrogen and oxygen atoms in total. The average Bonchev–Trinajstić information content (AvgIpc) is 2.67. The van der Waals surface area contributed by atoms with Crippen LogP contribution in [0.1, 0.15) is 25.7 Å². The van der Waals surface area contributed by atoms with Crippen LogP contribution in [0.25, 0.3) is 0 Å². The second-order valence-corrected chi connectivity index (χ2v) is 4.22. The van der Waals surface area contributed by atoms with Crippen molar-refractivity contribution in [1.82, 2.24) is 10.2 Å². The van der Waals surface area contributed by atoms with Gasteiger partial charge in [-0.1, -0.05) is 0 Å². The van der Waals surface area contributed by atoms with E-state index in [4.69, 9.17) is 5.11 Å². The largest absolute Gasteiger partial charge is 0.480 e. The minimum Gasteiger partial charge on any atom is -0.480 e. The fourth-order valence-electron chi connectivity index (χ4n) is 2.63. The predicted molar refractivity (Wildman–Crippen MR) is 67.8 cm³/mol. The van der Waals surface area contributed by atoms with E-state index in [9.17, 15) is 4.79 Å².